The van der Waals surface area contributed by atoms with Gasteiger partial charge in [-0.3, -0.25) is 4.79 Å². The van der Waals surface area contributed by atoms with Gasteiger partial charge in [0.2, 0.25) is 11.1 Å². The number of carbonyl (C=O) groups is 1. The van der Waals surface area contributed by atoms with Crippen LogP contribution in [0.15, 0.2) is 53.7 Å². The van der Waals surface area contributed by atoms with Crippen molar-refractivity contribution in [1.82, 2.24) is 14.9 Å². The summed E-state index contributed by atoms with van der Waals surface area (Å²) in [5.41, 5.74) is 7.56. The fourth-order valence-electron chi connectivity index (χ4n) is 3.12. The fraction of sp³-hybridized carbons (Fsp3) is 0.250. The summed E-state index contributed by atoms with van der Waals surface area (Å²) >= 11 is 1.43. The highest BCUT2D eigenvalue weighted by Crippen LogP contribution is 2.37. The van der Waals surface area contributed by atoms with Crippen LogP contribution in [0.5, 0.6) is 0 Å². The lowest BCUT2D eigenvalue weighted by atomic mass is 10.0. The molecule has 1 aliphatic rings. The van der Waals surface area contributed by atoms with Gasteiger partial charge in [0.1, 0.15) is 11.1 Å². The topological polar surface area (TPSA) is 71.8 Å². The first-order chi connectivity index (χ1) is 13.0. The van der Waals surface area contributed by atoms with Gasteiger partial charge in [-0.25, -0.2) is 4.68 Å². The number of hydrogen-bond donors (Lipinski definition) is 2. The average Bonchev–Trinajstić information content (AvgIpc) is 3.02. The van der Waals surface area contributed by atoms with Crippen LogP contribution in [-0.4, -0.2) is 26.0 Å². The first-order valence-corrected chi connectivity index (χ1v) is 9.68. The first-order valence-electron chi connectivity index (χ1n) is 8.80. The van der Waals surface area contributed by atoms with E-state index in [0.717, 1.165) is 22.6 Å². The van der Waals surface area contributed by atoms with Crippen LogP contribution in [0, 0.1) is 20.8 Å². The Morgan fingerprint density at radius 2 is 1.85 bits per heavy atom. The van der Waals surface area contributed by atoms with E-state index in [1.165, 1.54) is 17.3 Å². The summed E-state index contributed by atoms with van der Waals surface area (Å²) in [6.07, 6.45) is 0. The quantitative estimate of drug-likeness (QED) is 0.727. The highest BCUT2D eigenvalue weighted by atomic mass is 32.2. The highest BCUT2D eigenvalue weighted by molar-refractivity contribution is 8.00. The van der Waals surface area contributed by atoms with Crippen molar-refractivity contribution < 1.29 is 4.79 Å². The molecule has 0 radical (unpaired) electrons. The molecule has 2 aromatic carbocycles. The van der Waals surface area contributed by atoms with Gasteiger partial charge in [0.25, 0.3) is 0 Å². The van der Waals surface area contributed by atoms with Crippen LogP contribution in [0.3, 0.4) is 0 Å². The molecule has 2 N–H and O–H groups in total. The molecule has 0 spiro atoms. The third-order valence-corrected chi connectivity index (χ3v) is 5.79. The van der Waals surface area contributed by atoms with Gasteiger partial charge in [0.05, 0.1) is 6.04 Å². The second-order valence-electron chi connectivity index (χ2n) is 6.78. The van der Waals surface area contributed by atoms with Gasteiger partial charge in [0, 0.05) is 5.69 Å². The lowest BCUT2D eigenvalue weighted by Crippen LogP contribution is -2.41. The van der Waals surface area contributed by atoms with Crippen LogP contribution >= 0.6 is 11.8 Å². The predicted octanol–water partition coefficient (Wildman–Crippen LogP) is 3.60. The van der Waals surface area contributed by atoms with Gasteiger partial charge in [-0.05, 0) is 44.0 Å². The molecule has 0 saturated heterocycles. The number of anilines is 1. The van der Waals surface area contributed by atoms with E-state index in [4.69, 9.17) is 0 Å². The lowest BCUT2D eigenvalue weighted by molar-refractivity contribution is -0.116. The van der Waals surface area contributed by atoms with Crippen molar-refractivity contribution >= 4 is 23.4 Å². The van der Waals surface area contributed by atoms with Crippen LogP contribution in [0.25, 0.3) is 0 Å². The molecule has 4 rings (SSSR count). The number of thioether (sulfide) groups is 1. The minimum absolute atomic E-state index is 0.0596. The Balaban J connectivity index is 1.66. The molecule has 0 unspecified atom stereocenters. The Kier molecular flexibility index (Phi) is 4.61. The molecular weight excluding hydrogens is 358 g/mol. The molecule has 2 heterocycles. The van der Waals surface area contributed by atoms with E-state index >= 15 is 0 Å². The van der Waals surface area contributed by atoms with Crippen LogP contribution < -0.4 is 10.7 Å². The average molecular weight is 379 g/mol. The van der Waals surface area contributed by atoms with Gasteiger partial charge in [0.15, 0.2) is 0 Å². The number of amides is 1. The van der Waals surface area contributed by atoms with Crippen molar-refractivity contribution in [2.24, 2.45) is 0 Å². The number of nitrogens with zero attached hydrogens (tertiary/aromatic N) is 3. The highest BCUT2D eigenvalue weighted by Gasteiger charge is 2.37. The summed E-state index contributed by atoms with van der Waals surface area (Å²) < 4.78 is 1.85. The lowest BCUT2D eigenvalue weighted by Gasteiger charge is -2.32. The Morgan fingerprint density at radius 3 is 2.59 bits per heavy atom. The van der Waals surface area contributed by atoms with Crippen molar-refractivity contribution in [3.05, 3.63) is 71.0 Å². The Morgan fingerprint density at radius 1 is 1.07 bits per heavy atom. The van der Waals surface area contributed by atoms with Crippen LogP contribution in [0.1, 0.15) is 28.6 Å². The minimum atomic E-state index is -0.371. The zero-order valence-electron chi connectivity index (χ0n) is 15.4. The smallest absolute Gasteiger partial charge is 0.240 e. The zero-order valence-corrected chi connectivity index (χ0v) is 16.2. The van der Waals surface area contributed by atoms with Crippen LogP contribution in [0.2, 0.25) is 0 Å². The number of rotatable bonds is 3. The molecule has 0 bridgehead atoms. The van der Waals surface area contributed by atoms with E-state index in [9.17, 15) is 4.79 Å². The fourth-order valence-corrected chi connectivity index (χ4v) is 4.25. The van der Waals surface area contributed by atoms with E-state index in [1.54, 1.807) is 0 Å². The zero-order chi connectivity index (χ0) is 19.0. The van der Waals surface area contributed by atoms with Gasteiger partial charge in [-0.1, -0.05) is 53.7 Å². The van der Waals surface area contributed by atoms with Gasteiger partial charge in [-0.15, -0.1) is 10.2 Å². The molecule has 3 aromatic rings. The van der Waals surface area contributed by atoms with E-state index in [-0.39, 0.29) is 17.2 Å². The predicted molar refractivity (Wildman–Crippen MR) is 107 cm³/mol. The molecule has 138 valence electrons. The summed E-state index contributed by atoms with van der Waals surface area (Å²) in [6, 6.07) is 15.9. The molecule has 6 nitrogen and oxygen atoms in total. The molecule has 0 aliphatic carbocycles. The maximum atomic E-state index is 13.1. The molecule has 2 atom stereocenters. The molecule has 1 amide bonds. The van der Waals surface area contributed by atoms with Crippen LogP contribution in [-0.2, 0) is 4.79 Å². The van der Waals surface area contributed by atoms with Gasteiger partial charge in [-0.2, -0.15) is 0 Å². The summed E-state index contributed by atoms with van der Waals surface area (Å²) in [6.45, 7) is 5.95. The number of benzene rings is 2. The van der Waals surface area contributed by atoms with Crippen LogP contribution in [0.4, 0.5) is 5.69 Å². The maximum Gasteiger partial charge on any atom is 0.240 e. The van der Waals surface area contributed by atoms with E-state index in [0.29, 0.717) is 5.16 Å². The van der Waals surface area contributed by atoms with Gasteiger partial charge >= 0.3 is 0 Å². The first kappa shape index (κ1) is 17.6. The molecule has 1 aromatic heterocycles. The SMILES string of the molecule is Cc1ccc([C@@H]2Nn3c(C)nnc3S[C@H]2C(=O)Nc2cccc(C)c2)cc1. The molecule has 1 aliphatic heterocycles. The standard InChI is InChI=1S/C20H21N5OS/c1-12-7-9-15(10-8-12)17-18(27-20-23-22-14(3)25(20)24-17)19(26)21-16-6-4-5-13(2)11-16/h4-11,17-18,24H,1-3H3,(H,21,26)/t17-,18+/m0/s1. The van der Waals surface area contributed by atoms with Gasteiger partial charge < -0.3 is 10.7 Å². The summed E-state index contributed by atoms with van der Waals surface area (Å²) in [7, 11) is 0. The Bertz CT molecular complexity index is 982. The van der Waals surface area contributed by atoms with Crippen molar-refractivity contribution in [3.8, 4) is 0 Å². The number of fused-ring (bicyclic) bond motifs is 1. The van der Waals surface area contributed by atoms with E-state index in [1.807, 2.05) is 42.8 Å². The normalized spacial score (nSPS) is 18.5. The van der Waals surface area contributed by atoms with E-state index < -0.39 is 0 Å². The van der Waals surface area contributed by atoms with Crippen molar-refractivity contribution in [2.75, 3.05) is 10.7 Å². The number of carbonyl (C=O) groups excluding carboxylic acids is 1. The summed E-state index contributed by atoms with van der Waals surface area (Å²) in [4.78, 5) is 13.1. The second-order valence-corrected chi connectivity index (χ2v) is 7.89. The van der Waals surface area contributed by atoms with E-state index in [2.05, 4.69) is 52.1 Å². The monoisotopic (exact) mass is 379 g/mol. The molecular formula is C20H21N5OS. The minimum Gasteiger partial charge on any atom is -0.325 e. The Labute approximate surface area is 162 Å². The van der Waals surface area contributed by atoms with Crippen molar-refractivity contribution in [1.29, 1.82) is 0 Å². The van der Waals surface area contributed by atoms with Crippen molar-refractivity contribution in [2.45, 2.75) is 37.2 Å². The molecule has 7 heteroatoms. The molecule has 0 fully saturated rings. The summed E-state index contributed by atoms with van der Waals surface area (Å²) in [5, 5.41) is 11.7. The Hall–Kier alpha value is -2.80. The number of nitrogens with one attached hydrogen (secondary N) is 2. The number of aromatic nitrogens is 3. The summed E-state index contributed by atoms with van der Waals surface area (Å²) in [5.74, 6) is 0.711. The molecule has 0 saturated carbocycles. The van der Waals surface area contributed by atoms with Crippen molar-refractivity contribution in [3.63, 3.8) is 0 Å². The third kappa shape index (κ3) is 3.55. The molecule has 27 heavy (non-hydrogen) atoms. The number of aryl methyl sites for hydroxylation is 3. The third-order valence-electron chi connectivity index (χ3n) is 4.58. The number of hydrogen-bond acceptors (Lipinski definition) is 5. The largest absolute Gasteiger partial charge is 0.325 e. The maximum absolute atomic E-state index is 13.1. The second kappa shape index (κ2) is 7.08.